The van der Waals surface area contributed by atoms with Gasteiger partial charge in [0.1, 0.15) is 17.1 Å². The van der Waals surface area contributed by atoms with E-state index in [1.165, 1.54) is 17.4 Å². The quantitative estimate of drug-likeness (QED) is 0.719. The van der Waals surface area contributed by atoms with Crippen LogP contribution in [0.1, 0.15) is 0 Å². The fraction of sp³-hybridized carbons (Fsp3) is 0.263. The molecule has 0 unspecified atom stereocenters. The highest BCUT2D eigenvalue weighted by molar-refractivity contribution is 7.22. The molecular weight excluding hydrogens is 386 g/mol. The molecule has 0 saturated carbocycles. The second-order valence-corrected chi connectivity index (χ2v) is 7.37. The smallest absolute Gasteiger partial charge is 0.321 e. The maximum Gasteiger partial charge on any atom is 0.321 e. The molecule has 6 nitrogen and oxygen atoms in total. The van der Waals surface area contributed by atoms with Gasteiger partial charge in [-0.3, -0.25) is 0 Å². The second-order valence-electron chi connectivity index (χ2n) is 6.36. The molecule has 0 radical (unpaired) electrons. The molecule has 0 aliphatic carbocycles. The molecule has 0 spiro atoms. The van der Waals surface area contributed by atoms with Crippen LogP contribution in [0.3, 0.4) is 0 Å². The molecule has 1 saturated heterocycles. The number of halogens is 2. The summed E-state index contributed by atoms with van der Waals surface area (Å²) in [5.41, 5.74) is 0.873. The summed E-state index contributed by atoms with van der Waals surface area (Å²) in [6.07, 6.45) is 0. The van der Waals surface area contributed by atoms with E-state index in [-0.39, 0.29) is 11.5 Å². The molecule has 2 aromatic carbocycles. The van der Waals surface area contributed by atoms with Crippen LogP contribution in [-0.2, 0) is 0 Å². The van der Waals surface area contributed by atoms with Crippen molar-refractivity contribution in [3.05, 3.63) is 48.0 Å². The third-order valence-electron chi connectivity index (χ3n) is 4.58. The lowest BCUT2D eigenvalue weighted by Gasteiger charge is -2.34. The number of carbonyl (C=O) groups is 1. The zero-order valence-corrected chi connectivity index (χ0v) is 15.9. The molecule has 28 heavy (non-hydrogen) atoms. The fourth-order valence-corrected chi connectivity index (χ4v) is 4.12. The first-order chi connectivity index (χ1) is 13.5. The molecule has 0 atom stereocenters. The van der Waals surface area contributed by atoms with Crippen molar-refractivity contribution in [1.82, 2.24) is 9.88 Å². The van der Waals surface area contributed by atoms with Crippen LogP contribution in [0.2, 0.25) is 0 Å². The predicted octanol–water partition coefficient (Wildman–Crippen LogP) is 3.94. The van der Waals surface area contributed by atoms with E-state index in [9.17, 15) is 13.6 Å². The van der Waals surface area contributed by atoms with Gasteiger partial charge in [-0.1, -0.05) is 11.3 Å². The van der Waals surface area contributed by atoms with Crippen molar-refractivity contribution in [3.8, 4) is 5.75 Å². The highest BCUT2D eigenvalue weighted by atomic mass is 32.1. The van der Waals surface area contributed by atoms with Crippen molar-refractivity contribution >= 4 is 38.4 Å². The summed E-state index contributed by atoms with van der Waals surface area (Å²) < 4.78 is 32.8. The minimum absolute atomic E-state index is 0.178. The van der Waals surface area contributed by atoms with Gasteiger partial charge < -0.3 is 19.9 Å². The van der Waals surface area contributed by atoms with Crippen molar-refractivity contribution in [2.24, 2.45) is 0 Å². The minimum atomic E-state index is -0.657. The second kappa shape index (κ2) is 7.59. The number of piperazine rings is 1. The van der Waals surface area contributed by atoms with E-state index in [1.807, 2.05) is 4.90 Å². The van der Waals surface area contributed by atoms with Gasteiger partial charge in [-0.05, 0) is 30.3 Å². The summed E-state index contributed by atoms with van der Waals surface area (Å²) in [5.74, 6) is -0.547. The van der Waals surface area contributed by atoms with Crippen molar-refractivity contribution in [2.75, 3.05) is 43.5 Å². The Labute approximate surface area is 164 Å². The topological polar surface area (TPSA) is 57.7 Å². The van der Waals surface area contributed by atoms with Gasteiger partial charge in [-0.15, -0.1) is 0 Å². The van der Waals surface area contributed by atoms with E-state index in [0.717, 1.165) is 11.8 Å². The van der Waals surface area contributed by atoms with E-state index >= 15 is 0 Å². The monoisotopic (exact) mass is 404 g/mol. The molecule has 1 aliphatic heterocycles. The number of carbonyl (C=O) groups excluding carboxylic acids is 1. The molecule has 146 valence electrons. The Bertz CT molecular complexity index is 1000. The third kappa shape index (κ3) is 3.70. The van der Waals surface area contributed by atoms with E-state index in [1.54, 1.807) is 36.3 Å². The van der Waals surface area contributed by atoms with Crippen LogP contribution in [0, 0.1) is 11.6 Å². The summed E-state index contributed by atoms with van der Waals surface area (Å²) in [5, 5.41) is 3.50. The van der Waals surface area contributed by atoms with Gasteiger partial charge in [0.2, 0.25) is 0 Å². The first-order valence-corrected chi connectivity index (χ1v) is 9.55. The number of nitrogens with zero attached hydrogens (tertiary/aromatic N) is 3. The molecule has 1 aliphatic rings. The average molecular weight is 404 g/mol. The Hall–Kier alpha value is -2.94. The number of urea groups is 1. The number of anilines is 2. The standard InChI is InChI=1S/C19H18F2N4O2S/c1-27-14-4-2-13(3-5-14)22-18(26)24-6-8-25(9-7-24)19-23-17-15(21)10-12(20)11-16(17)28-19/h2-5,10-11H,6-9H2,1H3,(H,22,26). The Morgan fingerprint density at radius 2 is 1.86 bits per heavy atom. The molecule has 0 bridgehead atoms. The number of hydrogen-bond donors (Lipinski definition) is 1. The Kier molecular flexibility index (Phi) is 4.99. The molecule has 4 rings (SSSR count). The first-order valence-electron chi connectivity index (χ1n) is 8.74. The number of rotatable bonds is 3. The summed E-state index contributed by atoms with van der Waals surface area (Å²) in [6, 6.07) is 9.07. The number of thiazole rings is 1. The van der Waals surface area contributed by atoms with Gasteiger partial charge in [0, 0.05) is 37.9 Å². The summed E-state index contributed by atoms with van der Waals surface area (Å²) >= 11 is 1.25. The van der Waals surface area contributed by atoms with Crippen molar-refractivity contribution in [3.63, 3.8) is 0 Å². The lowest BCUT2D eigenvalue weighted by Crippen LogP contribution is -2.50. The lowest BCUT2D eigenvalue weighted by molar-refractivity contribution is 0.208. The lowest BCUT2D eigenvalue weighted by atomic mass is 10.3. The van der Waals surface area contributed by atoms with E-state index in [2.05, 4.69) is 10.3 Å². The van der Waals surface area contributed by atoms with Gasteiger partial charge in [0.05, 0.1) is 11.8 Å². The fourth-order valence-electron chi connectivity index (χ4n) is 3.06. The van der Waals surface area contributed by atoms with Crippen LogP contribution in [0.4, 0.5) is 24.4 Å². The number of fused-ring (bicyclic) bond motifs is 1. The highest BCUT2D eigenvalue weighted by Gasteiger charge is 2.24. The minimum Gasteiger partial charge on any atom is -0.497 e. The van der Waals surface area contributed by atoms with E-state index in [4.69, 9.17) is 4.74 Å². The maximum absolute atomic E-state index is 13.9. The number of hydrogen-bond acceptors (Lipinski definition) is 5. The number of aromatic nitrogens is 1. The van der Waals surface area contributed by atoms with E-state index < -0.39 is 11.6 Å². The van der Waals surface area contributed by atoms with E-state index in [0.29, 0.717) is 41.7 Å². The Morgan fingerprint density at radius 1 is 1.14 bits per heavy atom. The highest BCUT2D eigenvalue weighted by Crippen LogP contribution is 2.31. The zero-order chi connectivity index (χ0) is 19.7. The number of ether oxygens (including phenoxy) is 1. The van der Waals surface area contributed by atoms with Gasteiger partial charge in [0.15, 0.2) is 10.9 Å². The zero-order valence-electron chi connectivity index (χ0n) is 15.1. The molecule has 1 N–H and O–H groups in total. The van der Waals surface area contributed by atoms with Gasteiger partial charge in [-0.25, -0.2) is 18.6 Å². The summed E-state index contributed by atoms with van der Waals surface area (Å²) in [7, 11) is 1.59. The van der Waals surface area contributed by atoms with Crippen molar-refractivity contribution in [2.45, 2.75) is 0 Å². The van der Waals surface area contributed by atoms with Crippen LogP contribution < -0.4 is 15.0 Å². The first kappa shape index (κ1) is 18.4. The number of nitrogens with one attached hydrogen (secondary N) is 1. The molecule has 1 aromatic heterocycles. The largest absolute Gasteiger partial charge is 0.497 e. The molecular formula is C19H18F2N4O2S. The van der Waals surface area contributed by atoms with Crippen LogP contribution in [0.25, 0.3) is 10.2 Å². The Balaban J connectivity index is 1.38. The number of amides is 2. The molecule has 2 heterocycles. The van der Waals surface area contributed by atoms with Gasteiger partial charge >= 0.3 is 6.03 Å². The van der Waals surface area contributed by atoms with Gasteiger partial charge in [-0.2, -0.15) is 0 Å². The van der Waals surface area contributed by atoms with Gasteiger partial charge in [0.25, 0.3) is 0 Å². The van der Waals surface area contributed by atoms with Crippen LogP contribution in [0.5, 0.6) is 5.75 Å². The number of benzene rings is 2. The van der Waals surface area contributed by atoms with Crippen LogP contribution in [0.15, 0.2) is 36.4 Å². The Morgan fingerprint density at radius 3 is 2.54 bits per heavy atom. The van der Waals surface area contributed by atoms with Crippen LogP contribution >= 0.6 is 11.3 Å². The molecule has 3 aromatic rings. The summed E-state index contributed by atoms with van der Waals surface area (Å²) in [4.78, 5) is 20.5. The maximum atomic E-state index is 13.9. The van der Waals surface area contributed by atoms with Crippen molar-refractivity contribution in [1.29, 1.82) is 0 Å². The molecule has 9 heteroatoms. The average Bonchev–Trinajstić information content (AvgIpc) is 3.13. The third-order valence-corrected chi connectivity index (χ3v) is 5.64. The predicted molar refractivity (Wildman–Crippen MR) is 105 cm³/mol. The van der Waals surface area contributed by atoms with Crippen LogP contribution in [-0.4, -0.2) is 49.2 Å². The van der Waals surface area contributed by atoms with Crippen molar-refractivity contribution < 1.29 is 18.3 Å². The summed E-state index contributed by atoms with van der Waals surface area (Å²) in [6.45, 7) is 2.16. The molecule has 1 fully saturated rings. The normalized spacial score (nSPS) is 14.4. The molecule has 2 amide bonds. The SMILES string of the molecule is COc1ccc(NC(=O)N2CCN(c3nc4c(F)cc(F)cc4s3)CC2)cc1. The number of methoxy groups -OCH3 is 1.